The van der Waals surface area contributed by atoms with Gasteiger partial charge in [0.1, 0.15) is 5.69 Å². The maximum Gasteiger partial charge on any atom is 0.335 e. The molecule has 1 heterocycles. The summed E-state index contributed by atoms with van der Waals surface area (Å²) in [6.07, 6.45) is 1.79. The zero-order valence-electron chi connectivity index (χ0n) is 6.97. The Morgan fingerprint density at radius 1 is 1.54 bits per heavy atom. The molecule has 70 valence electrons. The molecule has 0 amide bonds. The summed E-state index contributed by atoms with van der Waals surface area (Å²) in [5.41, 5.74) is 0.201. The van der Waals surface area contributed by atoms with Crippen molar-refractivity contribution >= 4 is 12.3 Å². The largest absolute Gasteiger partial charge is 0.478 e. The van der Waals surface area contributed by atoms with Gasteiger partial charge < -0.3 is 10.2 Å². The summed E-state index contributed by atoms with van der Waals surface area (Å²) in [6, 6.07) is 2.55. The summed E-state index contributed by atoms with van der Waals surface area (Å²) in [4.78, 5) is 24.1. The normalized spacial score (nSPS) is 8.15. The molecule has 0 aliphatic rings. The Bertz CT molecular complexity index is 298. The van der Waals surface area contributed by atoms with Crippen LogP contribution in [-0.2, 0) is 0 Å². The third-order valence-corrected chi connectivity index (χ3v) is 1.15. The third kappa shape index (κ3) is 3.44. The highest BCUT2D eigenvalue weighted by molar-refractivity contribution is 5.89. The van der Waals surface area contributed by atoms with Crippen LogP contribution in [0.2, 0.25) is 0 Å². The first-order valence-corrected chi connectivity index (χ1v) is 3.33. The zero-order chi connectivity index (χ0) is 10.3. The van der Waals surface area contributed by atoms with E-state index in [-0.39, 0.29) is 11.3 Å². The van der Waals surface area contributed by atoms with E-state index in [0.29, 0.717) is 6.29 Å². The van der Waals surface area contributed by atoms with E-state index in [9.17, 15) is 9.59 Å². The minimum atomic E-state index is -1.06. The lowest BCUT2D eigenvalue weighted by Crippen LogP contribution is -1.98. The van der Waals surface area contributed by atoms with Crippen molar-refractivity contribution in [2.75, 3.05) is 7.11 Å². The van der Waals surface area contributed by atoms with Crippen molar-refractivity contribution in [3.05, 3.63) is 29.6 Å². The second-order valence-electron chi connectivity index (χ2n) is 1.89. The van der Waals surface area contributed by atoms with Crippen molar-refractivity contribution in [2.45, 2.75) is 0 Å². The lowest BCUT2D eigenvalue weighted by molar-refractivity contribution is 0.0696. The molecule has 5 nitrogen and oxygen atoms in total. The van der Waals surface area contributed by atoms with Gasteiger partial charge in [-0.05, 0) is 12.1 Å². The van der Waals surface area contributed by atoms with Gasteiger partial charge in [-0.2, -0.15) is 0 Å². The minimum Gasteiger partial charge on any atom is -0.478 e. The Morgan fingerprint density at radius 3 is 2.62 bits per heavy atom. The molecule has 1 rings (SSSR count). The van der Waals surface area contributed by atoms with Crippen molar-refractivity contribution in [2.24, 2.45) is 0 Å². The van der Waals surface area contributed by atoms with E-state index in [0.717, 1.165) is 7.11 Å². The number of rotatable bonds is 2. The van der Waals surface area contributed by atoms with E-state index in [2.05, 4.69) is 4.98 Å². The molecule has 5 heteroatoms. The van der Waals surface area contributed by atoms with Crippen molar-refractivity contribution in [3.8, 4) is 0 Å². The highest BCUT2D eigenvalue weighted by Gasteiger charge is 2.02. The molecule has 2 N–H and O–H groups in total. The number of carbonyl (C=O) groups excluding carboxylic acids is 1. The standard InChI is InChI=1S/C7H5NO3.CH4O/c9-4-6-3-5(7(10)11)1-2-8-6;1-2/h1-4H,(H,10,11);2H,1H3. The van der Waals surface area contributed by atoms with E-state index in [4.69, 9.17) is 10.2 Å². The summed E-state index contributed by atoms with van der Waals surface area (Å²) in [7, 11) is 1.00. The van der Waals surface area contributed by atoms with Crippen LogP contribution in [0.3, 0.4) is 0 Å². The topological polar surface area (TPSA) is 87.5 Å². The van der Waals surface area contributed by atoms with Crippen molar-refractivity contribution < 1.29 is 19.8 Å². The molecule has 0 fully saturated rings. The van der Waals surface area contributed by atoms with Crippen LogP contribution >= 0.6 is 0 Å². The van der Waals surface area contributed by atoms with Crippen LogP contribution in [0.25, 0.3) is 0 Å². The predicted molar refractivity (Wildman–Crippen MR) is 44.7 cm³/mol. The number of aromatic carboxylic acids is 1. The van der Waals surface area contributed by atoms with Crippen LogP contribution in [0, 0.1) is 0 Å². The first-order chi connectivity index (χ1) is 6.24. The lowest BCUT2D eigenvalue weighted by atomic mass is 10.2. The summed E-state index contributed by atoms with van der Waals surface area (Å²) in [5.74, 6) is -1.06. The van der Waals surface area contributed by atoms with Gasteiger partial charge in [-0.25, -0.2) is 4.79 Å². The highest BCUT2D eigenvalue weighted by atomic mass is 16.4. The second-order valence-corrected chi connectivity index (χ2v) is 1.89. The fourth-order valence-electron chi connectivity index (χ4n) is 0.646. The molecule has 0 unspecified atom stereocenters. The number of aldehydes is 1. The molecule has 0 saturated carbocycles. The fourth-order valence-corrected chi connectivity index (χ4v) is 0.646. The van der Waals surface area contributed by atoms with Gasteiger partial charge in [0.15, 0.2) is 6.29 Å². The molecule has 0 aliphatic heterocycles. The number of hydrogen-bond acceptors (Lipinski definition) is 4. The van der Waals surface area contributed by atoms with E-state index < -0.39 is 5.97 Å². The molecule has 0 aromatic carbocycles. The molecule has 0 aliphatic carbocycles. The monoisotopic (exact) mass is 183 g/mol. The Labute approximate surface area is 74.7 Å². The minimum absolute atomic E-state index is 0.0714. The molecular formula is C8H9NO4. The van der Waals surface area contributed by atoms with Gasteiger partial charge in [0.05, 0.1) is 5.56 Å². The van der Waals surface area contributed by atoms with Gasteiger partial charge in [-0.15, -0.1) is 0 Å². The number of carboxylic acid groups (broad SMARTS) is 1. The maximum absolute atomic E-state index is 10.3. The molecule has 0 bridgehead atoms. The Balaban J connectivity index is 0.000000671. The average Bonchev–Trinajstić information content (AvgIpc) is 2.21. The van der Waals surface area contributed by atoms with E-state index in [1.165, 1.54) is 18.3 Å². The van der Waals surface area contributed by atoms with Gasteiger partial charge in [-0.3, -0.25) is 9.78 Å². The number of carbonyl (C=O) groups is 2. The highest BCUT2D eigenvalue weighted by Crippen LogP contribution is 1.98. The SMILES string of the molecule is CO.O=Cc1cc(C(=O)O)ccn1. The Morgan fingerprint density at radius 2 is 2.15 bits per heavy atom. The number of nitrogens with zero attached hydrogens (tertiary/aromatic N) is 1. The molecule has 13 heavy (non-hydrogen) atoms. The molecule has 0 saturated heterocycles. The predicted octanol–water partition coefficient (Wildman–Crippen LogP) is 0.201. The van der Waals surface area contributed by atoms with Crippen molar-refractivity contribution in [3.63, 3.8) is 0 Å². The van der Waals surface area contributed by atoms with Crippen molar-refractivity contribution in [1.29, 1.82) is 0 Å². The summed E-state index contributed by atoms with van der Waals surface area (Å²) in [6.45, 7) is 0. The molecule has 1 aromatic rings. The fraction of sp³-hybridized carbons (Fsp3) is 0.125. The smallest absolute Gasteiger partial charge is 0.335 e. The summed E-state index contributed by atoms with van der Waals surface area (Å²) >= 11 is 0. The number of aliphatic hydroxyl groups is 1. The Kier molecular flexibility index (Phi) is 5.06. The van der Waals surface area contributed by atoms with Gasteiger partial charge in [-0.1, -0.05) is 0 Å². The van der Waals surface area contributed by atoms with E-state index in [1.54, 1.807) is 0 Å². The average molecular weight is 183 g/mol. The van der Waals surface area contributed by atoms with E-state index in [1.807, 2.05) is 0 Å². The molecule has 1 aromatic heterocycles. The number of aliphatic hydroxyl groups excluding tert-OH is 1. The van der Waals surface area contributed by atoms with Gasteiger partial charge in [0, 0.05) is 13.3 Å². The maximum atomic E-state index is 10.3. The molecule has 0 radical (unpaired) electrons. The van der Waals surface area contributed by atoms with Crippen LogP contribution in [-0.4, -0.2) is 34.6 Å². The number of pyridine rings is 1. The quantitative estimate of drug-likeness (QED) is 0.639. The van der Waals surface area contributed by atoms with Gasteiger partial charge in [0.25, 0.3) is 0 Å². The number of hydrogen-bond donors (Lipinski definition) is 2. The number of aromatic nitrogens is 1. The lowest BCUT2D eigenvalue weighted by Gasteiger charge is -1.92. The summed E-state index contributed by atoms with van der Waals surface area (Å²) < 4.78 is 0. The van der Waals surface area contributed by atoms with Crippen molar-refractivity contribution in [1.82, 2.24) is 4.98 Å². The van der Waals surface area contributed by atoms with Gasteiger partial charge >= 0.3 is 5.97 Å². The zero-order valence-corrected chi connectivity index (χ0v) is 6.97. The second kappa shape index (κ2) is 5.84. The van der Waals surface area contributed by atoms with Gasteiger partial charge in [0.2, 0.25) is 0 Å². The van der Waals surface area contributed by atoms with Crippen LogP contribution in [0.15, 0.2) is 18.3 Å². The molecule has 0 atom stereocenters. The third-order valence-electron chi connectivity index (χ3n) is 1.15. The van der Waals surface area contributed by atoms with Crippen LogP contribution in [0.1, 0.15) is 20.8 Å². The van der Waals surface area contributed by atoms with Crippen LogP contribution < -0.4 is 0 Å². The van der Waals surface area contributed by atoms with Crippen LogP contribution in [0.5, 0.6) is 0 Å². The van der Waals surface area contributed by atoms with Crippen LogP contribution in [0.4, 0.5) is 0 Å². The first-order valence-electron chi connectivity index (χ1n) is 3.33. The summed E-state index contributed by atoms with van der Waals surface area (Å²) in [5, 5.41) is 15.5. The molecule has 0 spiro atoms. The Hall–Kier alpha value is -1.75. The van der Waals surface area contributed by atoms with E-state index >= 15 is 0 Å². The number of carboxylic acids is 1. The first kappa shape index (κ1) is 11.2. The molecular weight excluding hydrogens is 174 g/mol.